The van der Waals surface area contributed by atoms with Gasteiger partial charge in [-0.25, -0.2) is 0 Å². The zero-order valence-corrected chi connectivity index (χ0v) is 13.5. The van der Waals surface area contributed by atoms with E-state index >= 15 is 0 Å². The van der Waals surface area contributed by atoms with Gasteiger partial charge in [0.2, 0.25) is 5.91 Å². The van der Waals surface area contributed by atoms with E-state index in [9.17, 15) is 14.9 Å². The smallest absolute Gasteiger partial charge is 0.251 e. The largest absolute Gasteiger partial charge is 0.376 e. The van der Waals surface area contributed by atoms with Crippen LogP contribution in [0.3, 0.4) is 0 Å². The number of nitrogens with one attached hydrogen (secondary N) is 3. The summed E-state index contributed by atoms with van der Waals surface area (Å²) < 4.78 is 0. The highest BCUT2D eigenvalue weighted by molar-refractivity contribution is 5.97. The first-order chi connectivity index (χ1) is 11.0. The average molecular weight is 314 g/mol. The lowest BCUT2D eigenvalue weighted by atomic mass is 10.00. The highest BCUT2D eigenvalue weighted by atomic mass is 16.2. The van der Waals surface area contributed by atoms with Gasteiger partial charge in [0.25, 0.3) is 5.91 Å². The fourth-order valence-corrected chi connectivity index (χ4v) is 2.94. The predicted molar refractivity (Wildman–Crippen MR) is 88.0 cm³/mol. The molecule has 1 aliphatic rings. The summed E-state index contributed by atoms with van der Waals surface area (Å²) in [4.78, 5) is 23.9. The third-order valence-electron chi connectivity index (χ3n) is 4.29. The molecule has 0 aromatic heterocycles. The van der Waals surface area contributed by atoms with Crippen molar-refractivity contribution in [3.05, 3.63) is 29.3 Å². The lowest BCUT2D eigenvalue weighted by Crippen LogP contribution is -2.47. The number of nitriles is 1. The molecule has 0 radical (unpaired) electrons. The van der Waals surface area contributed by atoms with Gasteiger partial charge in [0.1, 0.15) is 5.54 Å². The Labute approximate surface area is 136 Å². The molecule has 0 atom stereocenters. The number of carbonyl (C=O) groups is 2. The fraction of sp³-hybridized carbons (Fsp3) is 0.471. The van der Waals surface area contributed by atoms with Crippen molar-refractivity contribution >= 4 is 17.5 Å². The first-order valence-electron chi connectivity index (χ1n) is 7.79. The second-order valence-electron chi connectivity index (χ2n) is 5.86. The van der Waals surface area contributed by atoms with E-state index in [1.54, 1.807) is 19.2 Å². The summed E-state index contributed by atoms with van der Waals surface area (Å²) in [6.45, 7) is 1.90. The van der Waals surface area contributed by atoms with Crippen LogP contribution in [0.1, 0.15) is 41.6 Å². The summed E-state index contributed by atoms with van der Waals surface area (Å²) in [7, 11) is 1.58. The molecule has 3 N–H and O–H groups in total. The van der Waals surface area contributed by atoms with Crippen molar-refractivity contribution in [2.75, 3.05) is 18.9 Å². The monoisotopic (exact) mass is 314 g/mol. The summed E-state index contributed by atoms with van der Waals surface area (Å²) in [6.07, 6.45) is 3.35. The van der Waals surface area contributed by atoms with Crippen LogP contribution in [0.5, 0.6) is 0 Å². The zero-order valence-electron chi connectivity index (χ0n) is 13.5. The number of benzene rings is 1. The van der Waals surface area contributed by atoms with E-state index in [2.05, 4.69) is 22.0 Å². The van der Waals surface area contributed by atoms with Crippen molar-refractivity contribution in [3.8, 4) is 6.07 Å². The van der Waals surface area contributed by atoms with Crippen LogP contribution in [0, 0.1) is 18.3 Å². The van der Waals surface area contributed by atoms with Crippen molar-refractivity contribution < 1.29 is 9.59 Å². The molecule has 1 fully saturated rings. The maximum absolute atomic E-state index is 12.1. The summed E-state index contributed by atoms with van der Waals surface area (Å²) in [6, 6.07) is 7.57. The highest BCUT2D eigenvalue weighted by Gasteiger charge is 2.35. The number of amides is 2. The van der Waals surface area contributed by atoms with Gasteiger partial charge < -0.3 is 16.0 Å². The van der Waals surface area contributed by atoms with Gasteiger partial charge in [-0.15, -0.1) is 0 Å². The van der Waals surface area contributed by atoms with E-state index in [1.807, 2.05) is 13.0 Å². The molecule has 0 aliphatic heterocycles. The van der Waals surface area contributed by atoms with Crippen molar-refractivity contribution in [1.82, 2.24) is 10.6 Å². The van der Waals surface area contributed by atoms with E-state index < -0.39 is 5.54 Å². The molecule has 1 aromatic rings. The molecule has 6 heteroatoms. The number of nitrogens with zero attached hydrogens (tertiary/aromatic N) is 1. The van der Waals surface area contributed by atoms with Gasteiger partial charge in [-0.2, -0.15) is 5.26 Å². The van der Waals surface area contributed by atoms with E-state index in [1.165, 1.54) is 0 Å². The molecule has 6 nitrogen and oxygen atoms in total. The first-order valence-corrected chi connectivity index (χ1v) is 7.79. The topological polar surface area (TPSA) is 94.0 Å². The summed E-state index contributed by atoms with van der Waals surface area (Å²) in [5, 5.41) is 17.8. The van der Waals surface area contributed by atoms with E-state index in [0.717, 1.165) is 24.1 Å². The Morgan fingerprint density at radius 2 is 2.00 bits per heavy atom. The molecule has 0 bridgehead atoms. The highest BCUT2D eigenvalue weighted by Crippen LogP contribution is 2.28. The zero-order chi connectivity index (χ0) is 16.9. The molecular weight excluding hydrogens is 292 g/mol. The van der Waals surface area contributed by atoms with Crippen LogP contribution >= 0.6 is 0 Å². The van der Waals surface area contributed by atoms with Crippen molar-refractivity contribution in [2.24, 2.45) is 0 Å². The number of carbonyl (C=O) groups excluding carboxylic acids is 2. The molecule has 2 amide bonds. The standard InChI is InChI=1S/C17H22N4O2/c1-12-13(16(23)19-2)6-5-7-14(12)20-10-15(22)21-17(11-18)8-3-4-9-17/h5-7,20H,3-4,8-10H2,1-2H3,(H,19,23)(H,21,22). The summed E-state index contributed by atoms with van der Waals surface area (Å²) >= 11 is 0. The third-order valence-corrected chi connectivity index (χ3v) is 4.29. The molecule has 0 heterocycles. The van der Waals surface area contributed by atoms with Crippen LogP contribution in [0.4, 0.5) is 5.69 Å². The maximum Gasteiger partial charge on any atom is 0.251 e. The Morgan fingerprint density at radius 3 is 2.61 bits per heavy atom. The quantitative estimate of drug-likeness (QED) is 0.771. The molecule has 122 valence electrons. The second-order valence-corrected chi connectivity index (χ2v) is 5.86. The first kappa shape index (κ1) is 16.8. The Bertz CT molecular complexity index is 642. The van der Waals surface area contributed by atoms with Crippen molar-refractivity contribution in [1.29, 1.82) is 5.26 Å². The average Bonchev–Trinajstić information content (AvgIpc) is 3.02. The Morgan fingerprint density at radius 1 is 1.30 bits per heavy atom. The Kier molecular flexibility index (Phi) is 5.22. The Balaban J connectivity index is 2.00. The van der Waals surface area contributed by atoms with Gasteiger partial charge in [0.15, 0.2) is 0 Å². The van der Waals surface area contributed by atoms with Crippen LogP contribution in [-0.4, -0.2) is 30.9 Å². The summed E-state index contributed by atoms with van der Waals surface area (Å²) in [5.41, 5.74) is 1.38. The van der Waals surface area contributed by atoms with Crippen LogP contribution in [0.2, 0.25) is 0 Å². The minimum Gasteiger partial charge on any atom is -0.376 e. The second kappa shape index (κ2) is 7.14. The van der Waals surface area contributed by atoms with Crippen molar-refractivity contribution in [3.63, 3.8) is 0 Å². The maximum atomic E-state index is 12.1. The van der Waals surface area contributed by atoms with Crippen molar-refractivity contribution in [2.45, 2.75) is 38.1 Å². The normalized spacial score (nSPS) is 15.5. The van der Waals surface area contributed by atoms with Crippen LogP contribution < -0.4 is 16.0 Å². The molecule has 0 unspecified atom stereocenters. The van der Waals surface area contributed by atoms with Gasteiger partial charge in [0.05, 0.1) is 12.6 Å². The van der Waals surface area contributed by atoms with Crippen LogP contribution in [0.25, 0.3) is 0 Å². The molecule has 23 heavy (non-hydrogen) atoms. The predicted octanol–water partition coefficient (Wildman–Crippen LogP) is 1.72. The SMILES string of the molecule is CNC(=O)c1cccc(NCC(=O)NC2(C#N)CCCC2)c1C. The fourth-order valence-electron chi connectivity index (χ4n) is 2.94. The van der Waals surface area contributed by atoms with Crippen LogP contribution in [-0.2, 0) is 4.79 Å². The Hall–Kier alpha value is -2.55. The number of hydrogen-bond donors (Lipinski definition) is 3. The molecular formula is C17H22N4O2. The molecule has 1 saturated carbocycles. The lowest BCUT2D eigenvalue weighted by Gasteiger charge is -2.22. The molecule has 1 aliphatic carbocycles. The van der Waals surface area contributed by atoms with Gasteiger partial charge in [-0.1, -0.05) is 6.07 Å². The molecule has 2 rings (SSSR count). The number of anilines is 1. The number of rotatable bonds is 5. The van der Waals surface area contributed by atoms with E-state index in [0.29, 0.717) is 18.4 Å². The van der Waals surface area contributed by atoms with Gasteiger partial charge in [0, 0.05) is 18.3 Å². The minimum atomic E-state index is -0.711. The lowest BCUT2D eigenvalue weighted by molar-refractivity contribution is -0.120. The van der Waals surface area contributed by atoms with Gasteiger partial charge in [-0.3, -0.25) is 9.59 Å². The third kappa shape index (κ3) is 3.81. The van der Waals surface area contributed by atoms with E-state index in [4.69, 9.17) is 0 Å². The number of hydrogen-bond acceptors (Lipinski definition) is 4. The van der Waals surface area contributed by atoms with Crippen LogP contribution in [0.15, 0.2) is 18.2 Å². The van der Waals surface area contributed by atoms with Gasteiger partial charge in [-0.05, 0) is 50.3 Å². The van der Waals surface area contributed by atoms with E-state index in [-0.39, 0.29) is 18.4 Å². The molecule has 1 aromatic carbocycles. The van der Waals surface area contributed by atoms with Gasteiger partial charge >= 0.3 is 0 Å². The summed E-state index contributed by atoms with van der Waals surface area (Å²) in [5.74, 6) is -0.372. The molecule has 0 spiro atoms. The molecule has 0 saturated heterocycles. The minimum absolute atomic E-state index is 0.0709.